The minimum absolute atomic E-state index is 0.0686. The Kier molecular flexibility index (Phi) is 5.89. The Balaban J connectivity index is 1.50. The lowest BCUT2D eigenvalue weighted by atomic mass is 10.1. The third kappa shape index (κ3) is 4.53. The molecule has 0 aliphatic carbocycles. The molecule has 2 heterocycles. The van der Waals surface area contributed by atoms with E-state index in [0.717, 1.165) is 21.5 Å². The van der Waals surface area contributed by atoms with Gasteiger partial charge in [-0.1, -0.05) is 15.9 Å². The van der Waals surface area contributed by atoms with Gasteiger partial charge >= 0.3 is 0 Å². The first kappa shape index (κ1) is 19.5. The van der Waals surface area contributed by atoms with Crippen LogP contribution in [0.2, 0.25) is 0 Å². The first-order chi connectivity index (χ1) is 12.9. The maximum Gasteiger partial charge on any atom is 0.254 e. The lowest BCUT2D eigenvalue weighted by Crippen LogP contribution is -2.56. The van der Waals surface area contributed by atoms with Crippen LogP contribution in [0.15, 0.2) is 39.6 Å². The van der Waals surface area contributed by atoms with Crippen molar-refractivity contribution in [1.82, 2.24) is 9.47 Å². The number of amides is 1. The molecule has 0 N–H and O–H groups in total. The normalized spacial score (nSPS) is 14.0. The Hall–Kier alpha value is -2.28. The first-order valence-electron chi connectivity index (χ1n) is 8.82. The monoisotopic (exact) mass is 434 g/mol. The van der Waals surface area contributed by atoms with Gasteiger partial charge in [-0.3, -0.25) is 9.59 Å². The van der Waals surface area contributed by atoms with Gasteiger partial charge in [0.25, 0.3) is 5.56 Å². The molecule has 3 rings (SSSR count). The molecule has 0 radical (unpaired) electrons. The minimum Gasteiger partial charge on any atom is -0.496 e. The second-order valence-electron chi connectivity index (χ2n) is 6.72. The number of hydrogen-bond donors (Lipinski definition) is 0. The van der Waals surface area contributed by atoms with Crippen molar-refractivity contribution in [2.24, 2.45) is 7.05 Å². The van der Waals surface area contributed by atoms with Crippen LogP contribution in [0.1, 0.15) is 17.7 Å². The van der Waals surface area contributed by atoms with Crippen molar-refractivity contribution in [3.8, 4) is 11.5 Å². The van der Waals surface area contributed by atoms with Gasteiger partial charge in [0.05, 0.1) is 20.2 Å². The average molecular weight is 435 g/mol. The number of aryl methyl sites for hydroxylation is 2. The van der Waals surface area contributed by atoms with Gasteiger partial charge < -0.3 is 18.9 Å². The van der Waals surface area contributed by atoms with Gasteiger partial charge in [-0.05, 0) is 43.2 Å². The standard InChI is InChI=1S/C20H23BrN2O4/c1-13-8-16(10-20(25)22(13)2)27-17-11-23(12-17)19(24)7-4-14-9-15(21)5-6-18(14)26-3/h5-6,8-10,17H,4,7,11-12H2,1-3H3. The molecule has 1 saturated heterocycles. The van der Waals surface area contributed by atoms with Crippen LogP contribution in [-0.4, -0.2) is 41.7 Å². The second-order valence-corrected chi connectivity index (χ2v) is 7.64. The Morgan fingerprint density at radius 3 is 2.67 bits per heavy atom. The molecular weight excluding hydrogens is 412 g/mol. The number of nitrogens with zero attached hydrogens (tertiary/aromatic N) is 2. The number of methoxy groups -OCH3 is 1. The van der Waals surface area contributed by atoms with Crippen LogP contribution >= 0.6 is 15.9 Å². The number of benzene rings is 1. The van der Waals surface area contributed by atoms with Gasteiger partial charge in [-0.25, -0.2) is 0 Å². The van der Waals surface area contributed by atoms with Crippen LogP contribution in [0.3, 0.4) is 0 Å². The van der Waals surface area contributed by atoms with E-state index in [1.54, 1.807) is 23.6 Å². The summed E-state index contributed by atoms with van der Waals surface area (Å²) in [6.45, 7) is 2.95. The summed E-state index contributed by atoms with van der Waals surface area (Å²) in [5, 5.41) is 0. The zero-order valence-electron chi connectivity index (χ0n) is 15.7. The van der Waals surface area contributed by atoms with Crippen molar-refractivity contribution in [1.29, 1.82) is 0 Å². The van der Waals surface area contributed by atoms with Crippen molar-refractivity contribution in [3.05, 3.63) is 56.4 Å². The highest BCUT2D eigenvalue weighted by Crippen LogP contribution is 2.25. The molecule has 144 valence electrons. The molecule has 2 aromatic rings. The van der Waals surface area contributed by atoms with Gasteiger partial charge in [0, 0.05) is 29.7 Å². The number of pyridine rings is 1. The van der Waals surface area contributed by atoms with E-state index < -0.39 is 0 Å². The summed E-state index contributed by atoms with van der Waals surface area (Å²) in [4.78, 5) is 26.0. The first-order valence-corrected chi connectivity index (χ1v) is 9.61. The lowest BCUT2D eigenvalue weighted by Gasteiger charge is -2.39. The van der Waals surface area contributed by atoms with E-state index in [-0.39, 0.29) is 17.6 Å². The van der Waals surface area contributed by atoms with E-state index in [2.05, 4.69) is 15.9 Å². The van der Waals surface area contributed by atoms with Crippen LogP contribution in [0.25, 0.3) is 0 Å². The second kappa shape index (κ2) is 8.17. The van der Waals surface area contributed by atoms with Gasteiger partial charge in [-0.2, -0.15) is 0 Å². The molecule has 0 spiro atoms. The fraction of sp³-hybridized carbons (Fsp3) is 0.400. The van der Waals surface area contributed by atoms with E-state index >= 15 is 0 Å². The van der Waals surface area contributed by atoms with Gasteiger partial charge in [0.2, 0.25) is 5.91 Å². The molecule has 1 aromatic carbocycles. The summed E-state index contributed by atoms with van der Waals surface area (Å²) >= 11 is 3.45. The van der Waals surface area contributed by atoms with E-state index in [4.69, 9.17) is 9.47 Å². The highest BCUT2D eigenvalue weighted by molar-refractivity contribution is 9.10. The van der Waals surface area contributed by atoms with Crippen LogP contribution in [0, 0.1) is 6.92 Å². The average Bonchev–Trinajstić information content (AvgIpc) is 2.60. The maximum atomic E-state index is 12.4. The molecule has 0 bridgehead atoms. The Morgan fingerprint density at radius 1 is 1.26 bits per heavy atom. The largest absolute Gasteiger partial charge is 0.496 e. The summed E-state index contributed by atoms with van der Waals surface area (Å²) in [6.07, 6.45) is 0.975. The quantitative estimate of drug-likeness (QED) is 0.700. The molecule has 7 heteroatoms. The summed E-state index contributed by atoms with van der Waals surface area (Å²) in [6, 6.07) is 9.11. The molecule has 0 unspecified atom stereocenters. The van der Waals surface area contributed by atoms with Crippen LogP contribution < -0.4 is 15.0 Å². The highest BCUT2D eigenvalue weighted by Gasteiger charge is 2.32. The fourth-order valence-electron chi connectivity index (χ4n) is 3.06. The molecular formula is C20H23BrN2O4. The van der Waals surface area contributed by atoms with E-state index in [0.29, 0.717) is 31.7 Å². The molecule has 1 fully saturated rings. The zero-order valence-corrected chi connectivity index (χ0v) is 17.3. The zero-order chi connectivity index (χ0) is 19.6. The van der Waals surface area contributed by atoms with Crippen molar-refractivity contribution in [2.45, 2.75) is 25.9 Å². The summed E-state index contributed by atoms with van der Waals surface area (Å²) in [5.41, 5.74) is 1.75. The number of halogens is 1. The van der Waals surface area contributed by atoms with Crippen LogP contribution in [0.4, 0.5) is 0 Å². The molecule has 1 amide bonds. The molecule has 27 heavy (non-hydrogen) atoms. The number of aromatic nitrogens is 1. The minimum atomic E-state index is -0.0970. The highest BCUT2D eigenvalue weighted by atomic mass is 79.9. The van der Waals surface area contributed by atoms with E-state index in [9.17, 15) is 9.59 Å². The third-order valence-electron chi connectivity index (χ3n) is 4.83. The van der Waals surface area contributed by atoms with Crippen molar-refractivity contribution in [2.75, 3.05) is 20.2 Å². The summed E-state index contributed by atoms with van der Waals surface area (Å²) < 4.78 is 13.7. The van der Waals surface area contributed by atoms with Gasteiger partial charge in [0.15, 0.2) is 0 Å². The molecule has 6 nitrogen and oxygen atoms in total. The number of rotatable bonds is 6. The van der Waals surface area contributed by atoms with Crippen molar-refractivity contribution < 1.29 is 14.3 Å². The molecule has 0 saturated carbocycles. The predicted octanol–water partition coefficient (Wildman–Crippen LogP) is 2.69. The Labute approximate surface area is 166 Å². The van der Waals surface area contributed by atoms with Crippen molar-refractivity contribution >= 4 is 21.8 Å². The van der Waals surface area contributed by atoms with Crippen molar-refractivity contribution in [3.63, 3.8) is 0 Å². The number of hydrogen-bond acceptors (Lipinski definition) is 4. The SMILES string of the molecule is COc1ccc(Br)cc1CCC(=O)N1CC(Oc2cc(C)n(C)c(=O)c2)C1. The maximum absolute atomic E-state index is 12.4. The number of carbonyl (C=O) groups is 1. The fourth-order valence-corrected chi connectivity index (χ4v) is 3.46. The van der Waals surface area contributed by atoms with E-state index in [1.165, 1.54) is 6.07 Å². The number of carbonyl (C=O) groups excluding carboxylic acids is 1. The van der Waals surface area contributed by atoms with Gasteiger partial charge in [-0.15, -0.1) is 0 Å². The number of ether oxygens (including phenoxy) is 2. The molecule has 1 aliphatic rings. The lowest BCUT2D eigenvalue weighted by molar-refractivity contribution is -0.139. The number of likely N-dealkylation sites (tertiary alicyclic amines) is 1. The smallest absolute Gasteiger partial charge is 0.254 e. The van der Waals surface area contributed by atoms with E-state index in [1.807, 2.05) is 31.2 Å². The molecule has 1 aromatic heterocycles. The Morgan fingerprint density at radius 2 is 2.00 bits per heavy atom. The predicted molar refractivity (Wildman–Crippen MR) is 106 cm³/mol. The summed E-state index contributed by atoms with van der Waals surface area (Å²) in [7, 11) is 3.36. The summed E-state index contributed by atoms with van der Waals surface area (Å²) in [5.74, 6) is 1.44. The van der Waals surface area contributed by atoms with Crippen LogP contribution in [0.5, 0.6) is 11.5 Å². The third-order valence-corrected chi connectivity index (χ3v) is 5.32. The van der Waals surface area contributed by atoms with Gasteiger partial charge in [0.1, 0.15) is 17.6 Å². The molecule has 0 atom stereocenters. The topological polar surface area (TPSA) is 60.8 Å². The van der Waals surface area contributed by atoms with Crippen LogP contribution in [-0.2, 0) is 18.3 Å². The molecule has 1 aliphatic heterocycles. The Bertz CT molecular complexity index is 903.